The van der Waals surface area contributed by atoms with Gasteiger partial charge in [-0.2, -0.15) is 0 Å². The summed E-state index contributed by atoms with van der Waals surface area (Å²) < 4.78 is 40.1. The Bertz CT molecular complexity index is 768. The molecular weight excluding hydrogens is 329 g/mol. The van der Waals surface area contributed by atoms with E-state index in [4.69, 9.17) is 5.11 Å². The van der Waals surface area contributed by atoms with Gasteiger partial charge in [0.15, 0.2) is 0 Å². The summed E-state index contributed by atoms with van der Waals surface area (Å²) >= 11 is 1.10. The Balaban J connectivity index is 2.30. The van der Waals surface area contributed by atoms with E-state index in [2.05, 4.69) is 4.72 Å². The number of rotatable bonds is 6. The highest BCUT2D eigenvalue weighted by Gasteiger charge is 2.24. The first-order valence-electron chi connectivity index (χ1n) is 6.34. The van der Waals surface area contributed by atoms with Gasteiger partial charge in [0.1, 0.15) is 10.0 Å². The second kappa shape index (κ2) is 6.55. The lowest BCUT2D eigenvalue weighted by Crippen LogP contribution is -2.29. The molecule has 118 valence electrons. The highest BCUT2D eigenvalue weighted by molar-refractivity contribution is 7.91. The van der Waals surface area contributed by atoms with E-state index < -0.39 is 34.3 Å². The minimum absolute atomic E-state index is 0.113. The van der Waals surface area contributed by atoms with Crippen LogP contribution in [0.1, 0.15) is 22.9 Å². The molecule has 1 atom stereocenters. The van der Waals surface area contributed by atoms with Gasteiger partial charge in [-0.3, -0.25) is 4.79 Å². The van der Waals surface area contributed by atoms with Gasteiger partial charge in [-0.15, -0.1) is 11.3 Å². The summed E-state index contributed by atoms with van der Waals surface area (Å²) in [6.45, 7) is 1.78. The van der Waals surface area contributed by atoms with Crippen molar-refractivity contribution >= 4 is 27.3 Å². The third-order valence-electron chi connectivity index (χ3n) is 2.93. The van der Waals surface area contributed by atoms with E-state index >= 15 is 0 Å². The number of aryl methyl sites for hydroxylation is 1. The Morgan fingerprint density at radius 2 is 1.91 bits per heavy atom. The molecule has 0 radical (unpaired) electrons. The molecule has 0 fully saturated rings. The fourth-order valence-electron chi connectivity index (χ4n) is 1.90. The van der Waals surface area contributed by atoms with Crippen molar-refractivity contribution in [3.63, 3.8) is 0 Å². The molecule has 8 heteroatoms. The predicted molar refractivity (Wildman–Crippen MR) is 80.8 cm³/mol. The van der Waals surface area contributed by atoms with E-state index in [1.165, 1.54) is 18.2 Å². The van der Waals surface area contributed by atoms with E-state index in [1.54, 1.807) is 13.0 Å². The molecule has 0 aliphatic carbocycles. The zero-order chi connectivity index (χ0) is 16.3. The summed E-state index contributed by atoms with van der Waals surface area (Å²) in [6, 6.07) is 7.22. The molecule has 0 bridgehead atoms. The van der Waals surface area contributed by atoms with Crippen molar-refractivity contribution in [2.45, 2.75) is 23.6 Å². The largest absolute Gasteiger partial charge is 0.481 e. The molecule has 2 rings (SSSR count). The molecule has 0 spiro atoms. The minimum atomic E-state index is -3.83. The number of halogens is 1. The van der Waals surface area contributed by atoms with Crippen molar-refractivity contribution in [2.24, 2.45) is 0 Å². The van der Waals surface area contributed by atoms with Crippen molar-refractivity contribution in [3.8, 4) is 0 Å². The molecule has 1 heterocycles. The van der Waals surface area contributed by atoms with Crippen LogP contribution in [-0.4, -0.2) is 19.5 Å². The van der Waals surface area contributed by atoms with Crippen molar-refractivity contribution in [2.75, 3.05) is 0 Å². The number of sulfonamides is 1. The molecule has 0 aliphatic heterocycles. The Kier molecular flexibility index (Phi) is 4.94. The van der Waals surface area contributed by atoms with E-state index in [0.29, 0.717) is 5.56 Å². The molecule has 0 amide bonds. The minimum Gasteiger partial charge on any atom is -0.481 e. The van der Waals surface area contributed by atoms with Crippen LogP contribution < -0.4 is 4.72 Å². The second-order valence-corrected chi connectivity index (χ2v) is 7.92. The fourth-order valence-corrected chi connectivity index (χ4v) is 4.42. The van der Waals surface area contributed by atoms with Gasteiger partial charge < -0.3 is 5.11 Å². The number of aliphatic carboxylic acids is 1. The first kappa shape index (κ1) is 16.6. The number of carbonyl (C=O) groups is 1. The first-order chi connectivity index (χ1) is 10.3. The number of thiophene rings is 1. The van der Waals surface area contributed by atoms with Gasteiger partial charge >= 0.3 is 5.97 Å². The molecule has 2 aromatic rings. The SMILES string of the molecule is Cc1ccc(S(=O)(=O)NC(CC(=O)O)c2ccc(F)cc2)s1. The summed E-state index contributed by atoms with van der Waals surface area (Å²) in [4.78, 5) is 11.8. The number of carboxylic acid groups (broad SMARTS) is 1. The maximum atomic E-state index is 13.0. The Hall–Kier alpha value is -1.77. The summed E-state index contributed by atoms with van der Waals surface area (Å²) in [5.74, 6) is -1.63. The van der Waals surface area contributed by atoms with Crippen LogP contribution in [0.4, 0.5) is 4.39 Å². The van der Waals surface area contributed by atoms with Crippen LogP contribution in [-0.2, 0) is 14.8 Å². The van der Waals surface area contributed by atoms with Gasteiger partial charge in [0.2, 0.25) is 0 Å². The number of hydrogen-bond donors (Lipinski definition) is 2. The lowest BCUT2D eigenvalue weighted by atomic mass is 10.1. The van der Waals surface area contributed by atoms with Crippen LogP contribution in [0.3, 0.4) is 0 Å². The van der Waals surface area contributed by atoms with Gasteiger partial charge in [-0.25, -0.2) is 17.5 Å². The van der Waals surface area contributed by atoms with Crippen LogP contribution in [0.2, 0.25) is 0 Å². The molecule has 1 unspecified atom stereocenters. The zero-order valence-electron chi connectivity index (χ0n) is 11.6. The maximum absolute atomic E-state index is 13.0. The molecule has 2 N–H and O–H groups in total. The Morgan fingerprint density at radius 1 is 1.27 bits per heavy atom. The number of carboxylic acids is 1. The van der Waals surface area contributed by atoms with Crippen molar-refractivity contribution < 1.29 is 22.7 Å². The predicted octanol–water partition coefficient (Wildman–Crippen LogP) is 2.69. The third kappa shape index (κ3) is 4.12. The fraction of sp³-hybridized carbons (Fsp3) is 0.214. The lowest BCUT2D eigenvalue weighted by molar-refractivity contribution is -0.137. The van der Waals surface area contributed by atoms with Crippen molar-refractivity contribution in [1.29, 1.82) is 0 Å². The number of nitrogens with one attached hydrogen (secondary N) is 1. The second-order valence-electron chi connectivity index (χ2n) is 4.69. The Labute approximate surface area is 131 Å². The smallest absolute Gasteiger partial charge is 0.305 e. The molecule has 0 saturated carbocycles. The highest BCUT2D eigenvalue weighted by Crippen LogP contribution is 2.25. The topological polar surface area (TPSA) is 83.5 Å². The van der Waals surface area contributed by atoms with Gasteiger partial charge in [-0.1, -0.05) is 12.1 Å². The molecule has 1 aromatic heterocycles. The van der Waals surface area contributed by atoms with Crippen molar-refractivity contribution in [3.05, 3.63) is 52.7 Å². The van der Waals surface area contributed by atoms with Gasteiger partial charge in [0.05, 0.1) is 12.5 Å². The van der Waals surface area contributed by atoms with E-state index in [-0.39, 0.29) is 4.21 Å². The van der Waals surface area contributed by atoms with E-state index in [1.807, 2.05) is 0 Å². The lowest BCUT2D eigenvalue weighted by Gasteiger charge is -2.17. The van der Waals surface area contributed by atoms with Crippen LogP contribution in [0.5, 0.6) is 0 Å². The number of hydrogen-bond acceptors (Lipinski definition) is 4. The van der Waals surface area contributed by atoms with Crippen molar-refractivity contribution in [1.82, 2.24) is 4.72 Å². The molecule has 22 heavy (non-hydrogen) atoms. The average Bonchev–Trinajstić information content (AvgIpc) is 2.85. The summed E-state index contributed by atoms with van der Waals surface area (Å²) in [6.07, 6.45) is -0.435. The average molecular weight is 343 g/mol. The quantitative estimate of drug-likeness (QED) is 0.845. The monoisotopic (exact) mass is 343 g/mol. The Morgan fingerprint density at radius 3 is 2.41 bits per heavy atom. The van der Waals surface area contributed by atoms with Crippen LogP contribution >= 0.6 is 11.3 Å². The normalized spacial score (nSPS) is 13.0. The standard InChI is InChI=1S/C14H14FNO4S2/c1-9-2-7-14(21-9)22(19,20)16-12(8-13(17)18)10-3-5-11(15)6-4-10/h2-7,12,16H,8H2,1H3,(H,17,18). The highest BCUT2D eigenvalue weighted by atomic mass is 32.2. The molecule has 0 aliphatic rings. The molecule has 1 aromatic carbocycles. The summed E-state index contributed by atoms with van der Waals surface area (Å²) in [7, 11) is -3.83. The van der Waals surface area contributed by atoms with Crippen LogP contribution in [0.25, 0.3) is 0 Å². The zero-order valence-corrected chi connectivity index (χ0v) is 13.2. The van der Waals surface area contributed by atoms with Gasteiger partial charge in [0.25, 0.3) is 10.0 Å². The summed E-state index contributed by atoms with van der Waals surface area (Å²) in [5, 5.41) is 8.97. The maximum Gasteiger partial charge on any atom is 0.305 e. The van der Waals surface area contributed by atoms with E-state index in [9.17, 15) is 17.6 Å². The number of benzene rings is 1. The summed E-state index contributed by atoms with van der Waals surface area (Å²) in [5.41, 5.74) is 0.389. The molecule has 5 nitrogen and oxygen atoms in total. The van der Waals surface area contributed by atoms with E-state index in [0.717, 1.165) is 28.3 Å². The van der Waals surface area contributed by atoms with Gasteiger partial charge in [-0.05, 0) is 36.8 Å². The third-order valence-corrected chi connectivity index (χ3v) is 5.89. The van der Waals surface area contributed by atoms with Crippen LogP contribution in [0, 0.1) is 12.7 Å². The molecule has 0 saturated heterocycles. The van der Waals surface area contributed by atoms with Gasteiger partial charge in [0, 0.05) is 4.88 Å². The first-order valence-corrected chi connectivity index (χ1v) is 8.64. The molecular formula is C14H14FNO4S2. The van der Waals surface area contributed by atoms with Crippen LogP contribution in [0.15, 0.2) is 40.6 Å².